The van der Waals surface area contributed by atoms with Crippen LogP contribution in [0.3, 0.4) is 0 Å². The fraction of sp³-hybridized carbons (Fsp3) is 0.267. The number of hydrogen-bond acceptors (Lipinski definition) is 3. The Morgan fingerprint density at radius 2 is 1.06 bits per heavy atom. The molecule has 0 spiro atoms. The molecule has 4 aliphatic rings. The van der Waals surface area contributed by atoms with Crippen LogP contribution in [0.2, 0.25) is 0 Å². The highest BCUT2D eigenvalue weighted by Gasteiger charge is 2.47. The quantitative estimate of drug-likeness (QED) is 0.160. The molecule has 0 N–H and O–H groups in total. The maximum absolute atomic E-state index is 2.70. The van der Waals surface area contributed by atoms with Crippen molar-refractivity contribution in [2.75, 3.05) is 4.90 Å². The molecule has 4 heterocycles. The SMILES string of the molecule is CC1(C)CCC(C)(C)c2cc(N3c4ccccc4B4c5sc6cc7c(cc6c5-c5cc(-c6cccc8c6sc6ccccc68)cc3c54)C(C)(C)CCC7(C)C)c(-c3ccccc3)cc21. The van der Waals surface area contributed by atoms with E-state index in [4.69, 9.17) is 0 Å². The summed E-state index contributed by atoms with van der Waals surface area (Å²) in [6.45, 7) is 19.9. The van der Waals surface area contributed by atoms with Gasteiger partial charge in [0.05, 0.1) is 5.69 Å². The lowest BCUT2D eigenvalue weighted by molar-refractivity contribution is 0.332. The smallest absolute Gasteiger partial charge is 0.260 e. The van der Waals surface area contributed by atoms with E-state index in [2.05, 4.69) is 205 Å². The monoisotopic (exact) mass is 863 g/mol. The largest absolute Gasteiger partial charge is 0.311 e. The topological polar surface area (TPSA) is 3.24 Å². The van der Waals surface area contributed by atoms with Crippen LogP contribution in [0.25, 0.3) is 63.6 Å². The van der Waals surface area contributed by atoms with E-state index in [0.29, 0.717) is 0 Å². The van der Waals surface area contributed by atoms with Gasteiger partial charge in [-0.25, -0.2) is 0 Å². The number of thiophene rings is 2. The summed E-state index contributed by atoms with van der Waals surface area (Å²) < 4.78 is 5.65. The minimum atomic E-state index is 0.0534. The summed E-state index contributed by atoms with van der Waals surface area (Å²) in [7, 11) is 0. The average Bonchev–Trinajstić information content (AvgIpc) is 3.96. The zero-order valence-electron chi connectivity index (χ0n) is 38.4. The van der Waals surface area contributed by atoms with E-state index in [0.717, 1.165) is 0 Å². The molecular weight excluding hydrogens is 810 g/mol. The van der Waals surface area contributed by atoms with Crippen molar-refractivity contribution in [2.45, 2.75) is 103 Å². The molecule has 2 aliphatic carbocycles. The number of rotatable bonds is 3. The van der Waals surface area contributed by atoms with Gasteiger partial charge in [0.2, 0.25) is 0 Å². The van der Waals surface area contributed by atoms with E-state index in [1.165, 1.54) is 139 Å². The van der Waals surface area contributed by atoms with Crippen LogP contribution in [0.5, 0.6) is 0 Å². The van der Waals surface area contributed by atoms with E-state index < -0.39 is 0 Å². The third-order valence-electron chi connectivity index (χ3n) is 16.4. The molecule has 314 valence electrons. The van der Waals surface area contributed by atoms with E-state index in [1.807, 2.05) is 11.3 Å². The summed E-state index contributed by atoms with van der Waals surface area (Å²) in [5.74, 6) is 0. The van der Waals surface area contributed by atoms with Crippen LogP contribution in [0, 0.1) is 0 Å². The van der Waals surface area contributed by atoms with Crippen LogP contribution in [0.15, 0.2) is 133 Å². The molecular formula is C60H54BNS2. The molecule has 0 fully saturated rings. The number of fused-ring (bicyclic) bond motifs is 12. The van der Waals surface area contributed by atoms with Crippen molar-refractivity contribution in [3.8, 4) is 33.4 Å². The Morgan fingerprint density at radius 3 is 1.81 bits per heavy atom. The number of para-hydroxylation sites is 1. The van der Waals surface area contributed by atoms with Crippen molar-refractivity contribution in [1.29, 1.82) is 0 Å². The second kappa shape index (κ2) is 13.1. The van der Waals surface area contributed by atoms with Crippen LogP contribution in [-0.2, 0) is 21.7 Å². The Morgan fingerprint density at radius 1 is 0.438 bits per heavy atom. The van der Waals surface area contributed by atoms with Crippen molar-refractivity contribution in [2.24, 2.45) is 0 Å². The third-order valence-corrected chi connectivity index (χ3v) is 18.8. The molecule has 7 aromatic carbocycles. The molecule has 2 aliphatic heterocycles. The maximum Gasteiger partial charge on any atom is 0.260 e. The number of hydrogen-bond donors (Lipinski definition) is 0. The van der Waals surface area contributed by atoms with Crippen molar-refractivity contribution in [1.82, 2.24) is 0 Å². The van der Waals surface area contributed by atoms with Crippen molar-refractivity contribution in [3.05, 3.63) is 156 Å². The molecule has 4 heteroatoms. The zero-order chi connectivity index (χ0) is 43.7. The molecule has 2 aromatic heterocycles. The maximum atomic E-state index is 2.70. The molecule has 0 saturated heterocycles. The number of nitrogens with zero attached hydrogens (tertiary/aromatic N) is 1. The lowest BCUT2D eigenvalue weighted by atomic mass is 9.39. The van der Waals surface area contributed by atoms with Crippen LogP contribution < -0.4 is 20.6 Å². The molecule has 0 bridgehead atoms. The fourth-order valence-corrected chi connectivity index (χ4v) is 15.1. The lowest BCUT2D eigenvalue weighted by Crippen LogP contribution is -2.54. The first-order valence-electron chi connectivity index (χ1n) is 23.5. The first-order valence-corrected chi connectivity index (χ1v) is 25.2. The van der Waals surface area contributed by atoms with Crippen LogP contribution >= 0.6 is 22.7 Å². The van der Waals surface area contributed by atoms with Gasteiger partial charge in [0.1, 0.15) is 0 Å². The van der Waals surface area contributed by atoms with E-state index in [9.17, 15) is 0 Å². The zero-order valence-corrected chi connectivity index (χ0v) is 40.0. The number of benzene rings is 7. The minimum Gasteiger partial charge on any atom is -0.311 e. The van der Waals surface area contributed by atoms with Gasteiger partial charge < -0.3 is 4.90 Å². The summed E-state index contributed by atoms with van der Waals surface area (Å²) in [6, 6.07) is 52.2. The Bertz CT molecular complexity index is 3470. The lowest BCUT2D eigenvalue weighted by Gasteiger charge is -2.44. The summed E-state index contributed by atoms with van der Waals surface area (Å²) in [4.78, 5) is 2.70. The predicted molar refractivity (Wildman–Crippen MR) is 281 cm³/mol. The van der Waals surface area contributed by atoms with Gasteiger partial charge in [-0.2, -0.15) is 0 Å². The highest BCUT2D eigenvalue weighted by Crippen LogP contribution is 2.55. The normalized spacial score (nSPS) is 18.2. The molecule has 0 unspecified atom stereocenters. The summed E-state index contributed by atoms with van der Waals surface area (Å²) in [5.41, 5.74) is 21.3. The van der Waals surface area contributed by atoms with Crippen molar-refractivity contribution < 1.29 is 0 Å². The Kier molecular flexibility index (Phi) is 7.99. The summed E-state index contributed by atoms with van der Waals surface area (Å²) >= 11 is 4.00. The molecule has 13 rings (SSSR count). The fourth-order valence-electron chi connectivity index (χ4n) is 12.5. The predicted octanol–water partition coefficient (Wildman–Crippen LogP) is 15.6. The highest BCUT2D eigenvalue weighted by atomic mass is 32.1. The summed E-state index contributed by atoms with van der Waals surface area (Å²) in [5, 5.41) is 4.12. The number of anilines is 3. The molecule has 0 saturated carbocycles. The van der Waals surface area contributed by atoms with Gasteiger partial charge in [0.15, 0.2) is 0 Å². The Hall–Kier alpha value is -5.42. The van der Waals surface area contributed by atoms with Gasteiger partial charge in [-0.15, -0.1) is 22.7 Å². The van der Waals surface area contributed by atoms with Gasteiger partial charge >= 0.3 is 0 Å². The molecule has 0 amide bonds. The molecule has 64 heavy (non-hydrogen) atoms. The summed E-state index contributed by atoms with van der Waals surface area (Å²) in [6.07, 6.45) is 4.78. The van der Waals surface area contributed by atoms with E-state index in [-0.39, 0.29) is 28.4 Å². The second-order valence-corrected chi connectivity index (χ2v) is 24.3. The van der Waals surface area contributed by atoms with E-state index in [1.54, 1.807) is 5.56 Å². The van der Waals surface area contributed by atoms with Gasteiger partial charge in [0, 0.05) is 47.2 Å². The van der Waals surface area contributed by atoms with Gasteiger partial charge in [-0.3, -0.25) is 0 Å². The second-order valence-electron chi connectivity index (χ2n) is 22.1. The third kappa shape index (κ3) is 5.36. The van der Waals surface area contributed by atoms with Crippen LogP contribution in [-0.4, -0.2) is 6.71 Å². The Balaban J connectivity index is 1.16. The van der Waals surface area contributed by atoms with Gasteiger partial charge in [-0.1, -0.05) is 140 Å². The van der Waals surface area contributed by atoms with Gasteiger partial charge in [0.25, 0.3) is 6.71 Å². The highest BCUT2D eigenvalue weighted by molar-refractivity contribution is 7.34. The average molecular weight is 864 g/mol. The molecule has 1 nitrogen and oxygen atoms in total. The first-order chi connectivity index (χ1) is 30.7. The molecule has 0 radical (unpaired) electrons. The Labute approximate surface area is 386 Å². The standard InChI is InChI=1S/C60H54BNS2/c1-57(2)25-27-59(5,6)45-33-49(40(31-43(45)57)35-17-10-9-11-18-35)62-48-23-14-13-22-47(48)61-54-42(53-41-32-44-46(34-52(41)64-56(53)61)60(7,8)28-26-58(44,3)4)29-36(30-50(54)62)37-20-16-21-39-38-19-12-15-24-51(38)63-55(37)39/h9-24,29-34H,25-28H2,1-8H3. The van der Waals surface area contributed by atoms with E-state index >= 15 is 0 Å². The minimum absolute atomic E-state index is 0.0534. The molecule has 0 atom stereocenters. The van der Waals surface area contributed by atoms with Crippen LogP contribution in [0.1, 0.15) is 103 Å². The van der Waals surface area contributed by atoms with Crippen LogP contribution in [0.4, 0.5) is 17.1 Å². The first kappa shape index (κ1) is 39.0. The van der Waals surface area contributed by atoms with Gasteiger partial charge in [-0.05, 0) is 162 Å². The van der Waals surface area contributed by atoms with Crippen molar-refractivity contribution >= 4 is 92.4 Å². The molecule has 9 aromatic rings. The van der Waals surface area contributed by atoms with Crippen molar-refractivity contribution in [3.63, 3.8) is 0 Å².